The van der Waals surface area contributed by atoms with Crippen molar-refractivity contribution in [3.8, 4) is 41.7 Å². The Hall–Kier alpha value is -6.10. The number of benzene rings is 2. The highest BCUT2D eigenvalue weighted by molar-refractivity contribution is 5.93. The van der Waals surface area contributed by atoms with Gasteiger partial charge in [-0.1, -0.05) is 12.1 Å². The first-order valence-corrected chi connectivity index (χ1v) is 10.4. The molecule has 0 aliphatic carbocycles. The largest absolute Gasteiger partial charge is 0.231 e. The molecule has 162 valence electrons. The molecule has 4 heterocycles. The molecule has 0 atom stereocenters. The SMILES string of the molecule is C#Cc1nc2nc3ccc(-c4ccc5nc6nc(C#N)c(C#N)nc6cc5c4)cc3nc2nc1C#N. The number of fused-ring (bicyclic) bond motifs is 4. The molecule has 36 heavy (non-hydrogen) atoms. The fourth-order valence-corrected chi connectivity index (χ4v) is 3.85. The molecule has 2 aromatic carbocycles. The number of nitriles is 3. The molecule has 0 saturated carbocycles. The average Bonchev–Trinajstić information content (AvgIpc) is 2.92. The van der Waals surface area contributed by atoms with Gasteiger partial charge in [0.2, 0.25) is 0 Å². The third kappa shape index (κ3) is 3.16. The Balaban J connectivity index is 1.49. The summed E-state index contributed by atoms with van der Waals surface area (Å²) in [6, 6.07) is 18.8. The molecule has 0 amide bonds. The van der Waals surface area contributed by atoms with Gasteiger partial charge in [0.15, 0.2) is 39.7 Å². The second kappa shape index (κ2) is 7.74. The minimum Gasteiger partial charge on any atom is -0.231 e. The molecule has 0 saturated heterocycles. The second-order valence-electron chi connectivity index (χ2n) is 7.63. The van der Waals surface area contributed by atoms with E-state index in [2.05, 4.69) is 40.8 Å². The molecule has 4 aromatic heterocycles. The summed E-state index contributed by atoms with van der Waals surface area (Å²) in [5.41, 5.74) is 4.88. The van der Waals surface area contributed by atoms with Gasteiger partial charge in [0.05, 0.1) is 16.6 Å². The number of hydrogen-bond donors (Lipinski definition) is 0. The Bertz CT molecular complexity index is 1950. The van der Waals surface area contributed by atoms with Crippen LogP contribution in [0.3, 0.4) is 0 Å². The first kappa shape index (κ1) is 20.5. The first-order valence-electron chi connectivity index (χ1n) is 10.4. The maximum Gasteiger partial charge on any atom is 0.199 e. The zero-order valence-electron chi connectivity index (χ0n) is 18.1. The summed E-state index contributed by atoms with van der Waals surface area (Å²) < 4.78 is 0. The second-order valence-corrected chi connectivity index (χ2v) is 7.63. The van der Waals surface area contributed by atoms with Crippen molar-refractivity contribution in [2.75, 3.05) is 0 Å². The Labute approximate surface area is 202 Å². The van der Waals surface area contributed by atoms with Crippen molar-refractivity contribution in [1.29, 1.82) is 15.8 Å². The van der Waals surface area contributed by atoms with E-state index in [1.54, 1.807) is 6.07 Å². The molecule has 0 aliphatic rings. The minimum atomic E-state index is -0.0552. The maximum atomic E-state index is 9.28. The summed E-state index contributed by atoms with van der Waals surface area (Å²) in [6.07, 6.45) is 5.42. The first-order chi connectivity index (χ1) is 17.6. The Morgan fingerprint density at radius 3 is 1.78 bits per heavy atom. The van der Waals surface area contributed by atoms with Gasteiger partial charge in [-0.3, -0.25) is 0 Å². The Morgan fingerprint density at radius 1 is 0.500 bits per heavy atom. The summed E-state index contributed by atoms with van der Waals surface area (Å²) in [5.74, 6) is 2.35. The van der Waals surface area contributed by atoms with Crippen LogP contribution in [0.5, 0.6) is 0 Å². The highest BCUT2D eigenvalue weighted by Crippen LogP contribution is 2.28. The van der Waals surface area contributed by atoms with Crippen molar-refractivity contribution in [3.05, 3.63) is 65.2 Å². The molecule has 0 fully saturated rings. The molecule has 0 radical (unpaired) electrons. The van der Waals surface area contributed by atoms with Gasteiger partial charge in [0.1, 0.15) is 23.7 Å². The lowest BCUT2D eigenvalue weighted by molar-refractivity contribution is 1.15. The van der Waals surface area contributed by atoms with Gasteiger partial charge in [-0.2, -0.15) is 15.8 Å². The van der Waals surface area contributed by atoms with Crippen LogP contribution in [-0.4, -0.2) is 34.9 Å². The summed E-state index contributed by atoms with van der Waals surface area (Å²) in [6.45, 7) is 0. The predicted molar refractivity (Wildman–Crippen MR) is 129 cm³/mol. The van der Waals surface area contributed by atoms with E-state index < -0.39 is 0 Å². The van der Waals surface area contributed by atoms with Crippen LogP contribution >= 0.6 is 0 Å². The smallest absolute Gasteiger partial charge is 0.199 e. The van der Waals surface area contributed by atoms with E-state index in [4.69, 9.17) is 6.42 Å². The van der Waals surface area contributed by atoms with Crippen LogP contribution < -0.4 is 0 Å². The summed E-state index contributed by atoms with van der Waals surface area (Å²) >= 11 is 0. The van der Waals surface area contributed by atoms with Crippen LogP contribution in [0.1, 0.15) is 22.8 Å². The number of pyridine rings is 1. The van der Waals surface area contributed by atoms with Crippen molar-refractivity contribution < 1.29 is 0 Å². The Kier molecular flexibility index (Phi) is 4.41. The van der Waals surface area contributed by atoms with E-state index in [0.29, 0.717) is 27.7 Å². The lowest BCUT2D eigenvalue weighted by Gasteiger charge is -2.07. The zero-order chi connectivity index (χ0) is 24.8. The number of aromatic nitrogens is 7. The molecule has 0 aliphatic heterocycles. The highest BCUT2D eigenvalue weighted by atomic mass is 15.0. The van der Waals surface area contributed by atoms with Crippen molar-refractivity contribution in [3.63, 3.8) is 0 Å². The maximum absolute atomic E-state index is 9.28. The molecule has 0 bridgehead atoms. The van der Waals surface area contributed by atoms with Gasteiger partial charge in [-0.05, 0) is 47.4 Å². The summed E-state index contributed by atoms with van der Waals surface area (Å²) in [5, 5.41) is 28.5. The summed E-state index contributed by atoms with van der Waals surface area (Å²) in [4.78, 5) is 30.4. The lowest BCUT2D eigenvalue weighted by Crippen LogP contribution is -2.00. The topological polar surface area (TPSA) is 162 Å². The van der Waals surface area contributed by atoms with Crippen LogP contribution in [-0.2, 0) is 0 Å². The van der Waals surface area contributed by atoms with Crippen LogP contribution in [0.2, 0.25) is 0 Å². The number of hydrogen-bond acceptors (Lipinski definition) is 10. The highest BCUT2D eigenvalue weighted by Gasteiger charge is 2.13. The molecule has 6 rings (SSSR count). The lowest BCUT2D eigenvalue weighted by atomic mass is 10.0. The predicted octanol–water partition coefficient (Wildman–Crippen LogP) is 3.33. The third-order valence-electron chi connectivity index (χ3n) is 5.53. The monoisotopic (exact) mass is 460 g/mol. The van der Waals surface area contributed by atoms with Crippen molar-refractivity contribution >= 4 is 44.4 Å². The van der Waals surface area contributed by atoms with Crippen molar-refractivity contribution in [1.82, 2.24) is 34.9 Å². The van der Waals surface area contributed by atoms with Crippen LogP contribution in [0, 0.1) is 46.3 Å². The fraction of sp³-hybridized carbons (Fsp3) is 0. The van der Waals surface area contributed by atoms with Crippen LogP contribution in [0.4, 0.5) is 0 Å². The molecule has 10 nitrogen and oxygen atoms in total. The molecular formula is C26H8N10. The molecule has 0 spiro atoms. The number of rotatable bonds is 1. The third-order valence-corrected chi connectivity index (χ3v) is 5.53. The minimum absolute atomic E-state index is 0.0219. The van der Waals surface area contributed by atoms with Crippen LogP contribution in [0.15, 0.2) is 42.5 Å². The number of terminal acetylenes is 1. The van der Waals surface area contributed by atoms with Crippen molar-refractivity contribution in [2.24, 2.45) is 0 Å². The van der Waals surface area contributed by atoms with Crippen molar-refractivity contribution in [2.45, 2.75) is 0 Å². The van der Waals surface area contributed by atoms with E-state index in [-0.39, 0.29) is 34.1 Å². The van der Waals surface area contributed by atoms with E-state index in [1.165, 1.54) is 0 Å². The quantitative estimate of drug-likeness (QED) is 0.263. The number of nitrogens with zero attached hydrogens (tertiary/aromatic N) is 10. The van der Waals surface area contributed by atoms with Gasteiger partial charge in [-0.15, -0.1) is 6.42 Å². The molecule has 0 N–H and O–H groups in total. The molecule has 10 heteroatoms. The normalized spacial score (nSPS) is 10.7. The van der Waals surface area contributed by atoms with E-state index in [1.807, 2.05) is 54.6 Å². The van der Waals surface area contributed by atoms with Gasteiger partial charge in [0.25, 0.3) is 0 Å². The van der Waals surface area contributed by atoms with E-state index >= 15 is 0 Å². The van der Waals surface area contributed by atoms with E-state index in [9.17, 15) is 15.8 Å². The average molecular weight is 460 g/mol. The van der Waals surface area contributed by atoms with E-state index in [0.717, 1.165) is 16.5 Å². The van der Waals surface area contributed by atoms with Gasteiger partial charge in [0, 0.05) is 5.39 Å². The van der Waals surface area contributed by atoms with Gasteiger partial charge < -0.3 is 0 Å². The zero-order valence-corrected chi connectivity index (χ0v) is 18.1. The fourth-order valence-electron chi connectivity index (χ4n) is 3.85. The van der Waals surface area contributed by atoms with Gasteiger partial charge >= 0.3 is 0 Å². The standard InChI is InChI=1S/C26H8N10/c1-2-16-21(10-27)36-26-25(31-16)33-18-6-4-14(8-19(18)34-26)13-3-5-17-15(7-13)9-20-24(32-17)35-23(12-29)22(11-28)30-20/h1,3-9H. The molecule has 0 unspecified atom stereocenters. The molecular weight excluding hydrogens is 452 g/mol. The summed E-state index contributed by atoms with van der Waals surface area (Å²) in [7, 11) is 0. The van der Waals surface area contributed by atoms with Crippen LogP contribution in [0.25, 0.3) is 55.5 Å². The van der Waals surface area contributed by atoms with Gasteiger partial charge in [-0.25, -0.2) is 34.9 Å². The molecule has 6 aromatic rings. The Morgan fingerprint density at radius 2 is 1.06 bits per heavy atom.